The third kappa shape index (κ3) is 3.09. The van der Waals surface area contributed by atoms with Crippen LogP contribution in [-0.2, 0) is 9.59 Å². The van der Waals surface area contributed by atoms with Crippen LogP contribution in [0, 0.1) is 0 Å². The molecule has 0 fully saturated rings. The number of nitrogens with one attached hydrogen (secondary N) is 2. The van der Waals surface area contributed by atoms with Crippen molar-refractivity contribution in [1.29, 1.82) is 0 Å². The van der Waals surface area contributed by atoms with Crippen molar-refractivity contribution in [2.24, 2.45) is 0 Å². The number of anilines is 2. The Morgan fingerprint density at radius 3 is 2.54 bits per heavy atom. The highest BCUT2D eigenvalue weighted by atomic mass is 35.5. The summed E-state index contributed by atoms with van der Waals surface area (Å²) in [5, 5.41) is 6.18. The molecule has 3 rings (SSSR count). The Labute approximate surface area is 157 Å². The maximum atomic E-state index is 12.7. The van der Waals surface area contributed by atoms with Crippen LogP contribution in [0.4, 0.5) is 11.4 Å². The fraction of sp³-hybridized carbons (Fsp3) is 0.125. The van der Waals surface area contributed by atoms with Crippen LogP contribution in [0.25, 0.3) is 0 Å². The van der Waals surface area contributed by atoms with Gasteiger partial charge in [-0.25, -0.2) is 0 Å². The summed E-state index contributed by atoms with van der Waals surface area (Å²) < 4.78 is -1.34. The van der Waals surface area contributed by atoms with Crippen molar-refractivity contribution in [3.05, 3.63) is 51.5 Å². The highest BCUT2D eigenvalue weighted by Gasteiger charge is 2.46. The molecule has 124 valence electrons. The molecule has 1 aliphatic heterocycles. The zero-order valence-corrected chi connectivity index (χ0v) is 15.4. The first-order valence-corrected chi connectivity index (χ1v) is 8.82. The predicted molar refractivity (Wildman–Crippen MR) is 99.4 cm³/mol. The fourth-order valence-electron chi connectivity index (χ4n) is 2.18. The minimum absolute atomic E-state index is 0.239. The van der Waals surface area contributed by atoms with E-state index in [2.05, 4.69) is 10.6 Å². The molecule has 8 heteroatoms. The van der Waals surface area contributed by atoms with Crippen LogP contribution in [0.3, 0.4) is 0 Å². The van der Waals surface area contributed by atoms with E-state index in [0.717, 1.165) is 4.90 Å². The molecule has 4 nitrogen and oxygen atoms in total. The Hall–Kier alpha value is -1.40. The molecular formula is C16H11Cl3N2O2S. The maximum Gasteiger partial charge on any atom is 0.250 e. The number of halogens is 3. The molecule has 0 saturated carbocycles. The summed E-state index contributed by atoms with van der Waals surface area (Å²) in [6.45, 7) is 1.56. The molecular weight excluding hydrogens is 391 g/mol. The first kappa shape index (κ1) is 17.4. The molecule has 24 heavy (non-hydrogen) atoms. The van der Waals surface area contributed by atoms with Gasteiger partial charge in [0.2, 0.25) is 11.8 Å². The Balaban J connectivity index is 1.90. The molecule has 0 saturated heterocycles. The lowest BCUT2D eigenvalue weighted by atomic mass is 10.1. The van der Waals surface area contributed by atoms with E-state index in [0.29, 0.717) is 11.4 Å². The van der Waals surface area contributed by atoms with Crippen LogP contribution in [0.2, 0.25) is 15.1 Å². The molecule has 0 radical (unpaired) electrons. The zero-order chi connectivity index (χ0) is 17.5. The van der Waals surface area contributed by atoms with Gasteiger partial charge in [0, 0.05) is 4.90 Å². The molecule has 1 atom stereocenters. The van der Waals surface area contributed by atoms with Gasteiger partial charge in [-0.1, -0.05) is 58.7 Å². The number of benzene rings is 2. The van der Waals surface area contributed by atoms with Gasteiger partial charge in [0.05, 0.1) is 26.4 Å². The first-order chi connectivity index (χ1) is 11.3. The third-order valence-electron chi connectivity index (χ3n) is 3.57. The highest BCUT2D eigenvalue weighted by Crippen LogP contribution is 2.43. The van der Waals surface area contributed by atoms with Crippen molar-refractivity contribution in [2.75, 3.05) is 10.6 Å². The van der Waals surface area contributed by atoms with E-state index in [1.165, 1.54) is 23.9 Å². The minimum atomic E-state index is -1.34. The van der Waals surface area contributed by atoms with Crippen molar-refractivity contribution in [2.45, 2.75) is 16.6 Å². The lowest BCUT2D eigenvalue weighted by Gasteiger charge is -2.31. The Kier molecular flexibility index (Phi) is 4.71. The quantitative estimate of drug-likeness (QED) is 0.544. The van der Waals surface area contributed by atoms with Gasteiger partial charge in [-0.15, -0.1) is 0 Å². The molecule has 1 aliphatic rings. The standard InChI is InChI=1S/C16H11Cl3N2O2S/c1-16(14(22)20-11-4-2-3-5-13(11)24-16)15(23)21-12-7-9(18)8(17)6-10(12)19/h2-7H,1H3,(H,20,22)(H,21,23). The number of rotatable bonds is 2. The van der Waals surface area contributed by atoms with E-state index >= 15 is 0 Å². The van der Waals surface area contributed by atoms with E-state index in [9.17, 15) is 9.59 Å². The molecule has 0 bridgehead atoms. The first-order valence-electron chi connectivity index (χ1n) is 6.87. The van der Waals surface area contributed by atoms with Crippen LogP contribution < -0.4 is 10.6 Å². The number of thioether (sulfide) groups is 1. The molecule has 2 amide bonds. The summed E-state index contributed by atoms with van der Waals surface area (Å²) in [7, 11) is 0. The summed E-state index contributed by atoms with van der Waals surface area (Å²) in [6.07, 6.45) is 0. The fourth-order valence-corrected chi connectivity index (χ4v) is 3.87. The van der Waals surface area contributed by atoms with Crippen LogP contribution in [0.5, 0.6) is 0 Å². The molecule has 0 aromatic heterocycles. The van der Waals surface area contributed by atoms with Gasteiger partial charge in [-0.05, 0) is 31.2 Å². The number of hydrogen-bond donors (Lipinski definition) is 2. The normalized spacial score (nSPS) is 19.4. The monoisotopic (exact) mass is 400 g/mol. The number of fused-ring (bicyclic) bond motifs is 1. The van der Waals surface area contributed by atoms with Gasteiger partial charge in [0.25, 0.3) is 0 Å². The molecule has 1 unspecified atom stereocenters. The van der Waals surface area contributed by atoms with E-state index in [1.54, 1.807) is 13.0 Å². The number of carbonyl (C=O) groups excluding carboxylic acids is 2. The van der Waals surface area contributed by atoms with Crippen LogP contribution in [0.1, 0.15) is 6.92 Å². The van der Waals surface area contributed by atoms with E-state index in [4.69, 9.17) is 34.8 Å². The van der Waals surface area contributed by atoms with Gasteiger partial charge in [-0.2, -0.15) is 0 Å². The number of para-hydroxylation sites is 1. The average Bonchev–Trinajstić information content (AvgIpc) is 2.53. The number of amides is 2. The predicted octanol–water partition coefficient (Wildman–Crippen LogP) is 5.09. The third-order valence-corrected chi connectivity index (χ3v) is 5.96. The van der Waals surface area contributed by atoms with E-state index < -0.39 is 16.6 Å². The van der Waals surface area contributed by atoms with Crippen molar-refractivity contribution < 1.29 is 9.59 Å². The number of carbonyl (C=O) groups is 2. The average molecular weight is 402 g/mol. The second-order valence-corrected chi connectivity index (χ2v) is 7.97. The van der Waals surface area contributed by atoms with Crippen molar-refractivity contribution in [3.8, 4) is 0 Å². The van der Waals surface area contributed by atoms with Crippen molar-refractivity contribution in [1.82, 2.24) is 0 Å². The van der Waals surface area contributed by atoms with Gasteiger partial charge in [0.15, 0.2) is 4.75 Å². The van der Waals surface area contributed by atoms with Crippen LogP contribution in [-0.4, -0.2) is 16.6 Å². The molecule has 0 aliphatic carbocycles. The number of hydrogen-bond acceptors (Lipinski definition) is 3. The molecule has 2 N–H and O–H groups in total. The van der Waals surface area contributed by atoms with Crippen LogP contribution >= 0.6 is 46.6 Å². The largest absolute Gasteiger partial charge is 0.323 e. The lowest BCUT2D eigenvalue weighted by Crippen LogP contribution is -2.49. The summed E-state index contributed by atoms with van der Waals surface area (Å²) in [5.74, 6) is -0.903. The molecule has 2 aromatic rings. The second kappa shape index (κ2) is 6.48. The van der Waals surface area contributed by atoms with Gasteiger partial charge in [-0.3, -0.25) is 9.59 Å². The Morgan fingerprint density at radius 1 is 1.12 bits per heavy atom. The minimum Gasteiger partial charge on any atom is -0.323 e. The van der Waals surface area contributed by atoms with Crippen LogP contribution in [0.15, 0.2) is 41.3 Å². The highest BCUT2D eigenvalue weighted by molar-refractivity contribution is 8.02. The van der Waals surface area contributed by atoms with Gasteiger partial charge in [0.1, 0.15) is 0 Å². The van der Waals surface area contributed by atoms with Crippen molar-refractivity contribution >= 4 is 69.8 Å². The van der Waals surface area contributed by atoms with E-state index in [-0.39, 0.29) is 15.1 Å². The zero-order valence-electron chi connectivity index (χ0n) is 12.3. The topological polar surface area (TPSA) is 58.2 Å². The smallest absolute Gasteiger partial charge is 0.250 e. The summed E-state index contributed by atoms with van der Waals surface area (Å²) in [5.41, 5.74) is 0.981. The molecule has 0 spiro atoms. The SMILES string of the molecule is CC1(C(=O)Nc2cc(Cl)c(Cl)cc2Cl)Sc2ccccc2NC1=O. The summed E-state index contributed by atoms with van der Waals surface area (Å²) >= 11 is 19.1. The van der Waals surface area contributed by atoms with E-state index in [1.807, 2.05) is 18.2 Å². The van der Waals surface area contributed by atoms with Crippen molar-refractivity contribution in [3.63, 3.8) is 0 Å². The Morgan fingerprint density at radius 2 is 1.79 bits per heavy atom. The summed E-state index contributed by atoms with van der Waals surface area (Å²) in [6, 6.07) is 10.2. The maximum absolute atomic E-state index is 12.7. The Bertz CT molecular complexity index is 859. The second-order valence-electron chi connectivity index (χ2n) is 5.29. The molecule has 1 heterocycles. The molecule has 2 aromatic carbocycles. The van der Waals surface area contributed by atoms with Gasteiger partial charge >= 0.3 is 0 Å². The lowest BCUT2D eigenvalue weighted by molar-refractivity contribution is -0.126. The van der Waals surface area contributed by atoms with Gasteiger partial charge < -0.3 is 10.6 Å². The summed E-state index contributed by atoms with van der Waals surface area (Å²) in [4.78, 5) is 26.0.